The molecule has 1 rings (SSSR count). The summed E-state index contributed by atoms with van der Waals surface area (Å²) >= 11 is 0. The van der Waals surface area contributed by atoms with Crippen LogP contribution in [0, 0.1) is 26.2 Å². The van der Waals surface area contributed by atoms with Gasteiger partial charge in [0.2, 0.25) is 0 Å². The number of hydrogen-bond acceptors (Lipinski definition) is 3. The van der Waals surface area contributed by atoms with Crippen molar-refractivity contribution in [3.63, 3.8) is 0 Å². The summed E-state index contributed by atoms with van der Waals surface area (Å²) in [6.07, 6.45) is 0. The summed E-state index contributed by atoms with van der Waals surface area (Å²) in [6, 6.07) is 0. The summed E-state index contributed by atoms with van der Waals surface area (Å²) in [4.78, 5) is 11.6. The first-order valence-corrected chi connectivity index (χ1v) is 5.38. The highest BCUT2D eigenvalue weighted by Gasteiger charge is 2.30. The molecule has 0 unspecified atom stereocenters. The minimum atomic E-state index is -0.551. The van der Waals surface area contributed by atoms with Gasteiger partial charge in [-0.2, -0.15) is 5.10 Å². The maximum absolute atomic E-state index is 11.6. The average molecular weight is 224 g/mol. The van der Waals surface area contributed by atoms with Gasteiger partial charge >= 0.3 is 5.97 Å². The number of aryl methyl sites for hydroxylation is 1. The Morgan fingerprint density at radius 3 is 2.31 bits per heavy atom. The Kier molecular flexibility index (Phi) is 3.41. The van der Waals surface area contributed by atoms with Crippen molar-refractivity contribution >= 4 is 5.97 Å². The molecule has 0 aliphatic carbocycles. The van der Waals surface area contributed by atoms with Gasteiger partial charge in [0, 0.05) is 5.69 Å². The molecule has 4 heteroatoms. The van der Waals surface area contributed by atoms with Crippen molar-refractivity contribution in [2.45, 2.75) is 41.2 Å². The Hall–Kier alpha value is -1.32. The van der Waals surface area contributed by atoms with Crippen LogP contribution >= 0.6 is 0 Å². The van der Waals surface area contributed by atoms with Gasteiger partial charge in [-0.3, -0.25) is 9.48 Å². The molecular formula is C12H20N2O2. The van der Waals surface area contributed by atoms with E-state index < -0.39 is 5.41 Å². The smallest absolute Gasteiger partial charge is 0.313 e. The van der Waals surface area contributed by atoms with Crippen LogP contribution in [-0.2, 0) is 16.1 Å². The number of rotatable bonds is 3. The van der Waals surface area contributed by atoms with Gasteiger partial charge in [0.15, 0.2) is 0 Å². The molecule has 0 fully saturated rings. The van der Waals surface area contributed by atoms with Crippen molar-refractivity contribution in [3.05, 3.63) is 17.0 Å². The molecule has 16 heavy (non-hydrogen) atoms. The molecule has 1 aromatic rings. The van der Waals surface area contributed by atoms with Crippen LogP contribution in [0.2, 0.25) is 0 Å². The largest absolute Gasteiger partial charge is 0.469 e. The lowest BCUT2D eigenvalue weighted by Crippen LogP contribution is -2.31. The van der Waals surface area contributed by atoms with Crippen molar-refractivity contribution in [1.82, 2.24) is 9.78 Å². The molecule has 90 valence electrons. The van der Waals surface area contributed by atoms with Gasteiger partial charge in [-0.15, -0.1) is 0 Å². The Morgan fingerprint density at radius 1 is 1.38 bits per heavy atom. The van der Waals surface area contributed by atoms with E-state index in [4.69, 9.17) is 4.74 Å². The fourth-order valence-corrected chi connectivity index (χ4v) is 1.66. The quantitative estimate of drug-likeness (QED) is 0.738. The van der Waals surface area contributed by atoms with Crippen LogP contribution in [0.1, 0.15) is 30.8 Å². The first-order valence-electron chi connectivity index (χ1n) is 5.38. The first-order chi connectivity index (χ1) is 7.29. The van der Waals surface area contributed by atoms with Crippen LogP contribution in [-0.4, -0.2) is 22.9 Å². The predicted molar refractivity (Wildman–Crippen MR) is 62.2 cm³/mol. The zero-order valence-corrected chi connectivity index (χ0v) is 10.9. The van der Waals surface area contributed by atoms with E-state index in [0.29, 0.717) is 6.54 Å². The average Bonchev–Trinajstić information content (AvgIpc) is 2.44. The Balaban J connectivity index is 2.96. The molecule has 0 saturated heterocycles. The number of carbonyl (C=O) groups is 1. The second kappa shape index (κ2) is 4.28. The Labute approximate surface area is 96.6 Å². The minimum absolute atomic E-state index is 0.210. The molecule has 1 heterocycles. The van der Waals surface area contributed by atoms with Gasteiger partial charge < -0.3 is 4.74 Å². The van der Waals surface area contributed by atoms with E-state index in [9.17, 15) is 4.79 Å². The van der Waals surface area contributed by atoms with Crippen molar-refractivity contribution in [2.75, 3.05) is 7.11 Å². The summed E-state index contributed by atoms with van der Waals surface area (Å²) in [5, 5.41) is 4.42. The Morgan fingerprint density at radius 2 is 1.94 bits per heavy atom. The fourth-order valence-electron chi connectivity index (χ4n) is 1.66. The third-order valence-electron chi connectivity index (χ3n) is 3.03. The van der Waals surface area contributed by atoms with Crippen molar-refractivity contribution in [1.29, 1.82) is 0 Å². The normalized spacial score (nSPS) is 11.6. The molecule has 0 spiro atoms. The lowest BCUT2D eigenvalue weighted by molar-refractivity contribution is -0.151. The van der Waals surface area contributed by atoms with Crippen molar-refractivity contribution in [3.8, 4) is 0 Å². The van der Waals surface area contributed by atoms with Crippen LogP contribution in [0.4, 0.5) is 0 Å². The van der Waals surface area contributed by atoms with Crippen molar-refractivity contribution in [2.24, 2.45) is 5.41 Å². The summed E-state index contributed by atoms with van der Waals surface area (Å²) in [5.74, 6) is -0.210. The van der Waals surface area contributed by atoms with Crippen LogP contribution in [0.25, 0.3) is 0 Å². The van der Waals surface area contributed by atoms with Gasteiger partial charge in [0.05, 0.1) is 24.8 Å². The number of hydrogen-bond donors (Lipinski definition) is 0. The lowest BCUT2D eigenvalue weighted by atomic mass is 9.94. The standard InChI is InChI=1S/C12H20N2O2/c1-8-9(2)13-14(10(8)3)7-12(4,5)11(15)16-6/h7H2,1-6H3. The van der Waals surface area contributed by atoms with Gasteiger partial charge in [0.1, 0.15) is 0 Å². The first kappa shape index (κ1) is 12.7. The molecule has 0 aliphatic heterocycles. The van der Waals surface area contributed by atoms with Crippen LogP contribution in [0.5, 0.6) is 0 Å². The molecule has 0 atom stereocenters. The molecule has 0 saturated carbocycles. The topological polar surface area (TPSA) is 44.1 Å². The monoisotopic (exact) mass is 224 g/mol. The van der Waals surface area contributed by atoms with E-state index in [1.165, 1.54) is 12.7 Å². The molecule has 0 N–H and O–H groups in total. The van der Waals surface area contributed by atoms with Gasteiger partial charge in [-0.25, -0.2) is 0 Å². The summed E-state index contributed by atoms with van der Waals surface area (Å²) < 4.78 is 6.66. The minimum Gasteiger partial charge on any atom is -0.469 e. The fraction of sp³-hybridized carbons (Fsp3) is 0.667. The number of ether oxygens (including phenoxy) is 1. The zero-order chi connectivity index (χ0) is 12.5. The second-order valence-corrected chi connectivity index (χ2v) is 4.83. The van der Waals surface area contributed by atoms with Gasteiger partial charge in [0.25, 0.3) is 0 Å². The van der Waals surface area contributed by atoms with E-state index in [2.05, 4.69) is 5.10 Å². The number of esters is 1. The van der Waals surface area contributed by atoms with Crippen LogP contribution in [0.3, 0.4) is 0 Å². The predicted octanol–water partition coefficient (Wildman–Crippen LogP) is 2.01. The number of methoxy groups -OCH3 is 1. The molecule has 0 bridgehead atoms. The van der Waals surface area contributed by atoms with Gasteiger partial charge in [-0.05, 0) is 40.2 Å². The van der Waals surface area contributed by atoms with E-state index in [1.54, 1.807) is 0 Å². The molecule has 0 aromatic carbocycles. The molecule has 0 aliphatic rings. The number of nitrogens with zero attached hydrogens (tertiary/aromatic N) is 2. The second-order valence-electron chi connectivity index (χ2n) is 4.83. The third-order valence-corrected chi connectivity index (χ3v) is 3.03. The van der Waals surface area contributed by atoms with Crippen molar-refractivity contribution < 1.29 is 9.53 Å². The van der Waals surface area contributed by atoms with Crippen LogP contribution in [0.15, 0.2) is 0 Å². The molecule has 0 radical (unpaired) electrons. The maximum Gasteiger partial charge on any atom is 0.313 e. The van der Waals surface area contributed by atoms with E-state index >= 15 is 0 Å². The zero-order valence-electron chi connectivity index (χ0n) is 10.9. The Bertz CT molecular complexity index is 405. The third kappa shape index (κ3) is 2.26. The number of carbonyl (C=O) groups excluding carboxylic acids is 1. The summed E-state index contributed by atoms with van der Waals surface area (Å²) in [7, 11) is 1.41. The van der Waals surface area contributed by atoms with E-state index in [0.717, 1.165) is 11.4 Å². The number of aromatic nitrogens is 2. The highest BCUT2D eigenvalue weighted by Crippen LogP contribution is 2.22. The lowest BCUT2D eigenvalue weighted by Gasteiger charge is -2.22. The van der Waals surface area contributed by atoms with Gasteiger partial charge in [-0.1, -0.05) is 0 Å². The highest BCUT2D eigenvalue weighted by atomic mass is 16.5. The van der Waals surface area contributed by atoms with Crippen LogP contribution < -0.4 is 0 Å². The molecular weight excluding hydrogens is 204 g/mol. The van der Waals surface area contributed by atoms with E-state index in [1.807, 2.05) is 39.3 Å². The SMILES string of the molecule is COC(=O)C(C)(C)Cn1nc(C)c(C)c1C. The van der Waals surface area contributed by atoms with E-state index in [-0.39, 0.29) is 5.97 Å². The molecule has 4 nitrogen and oxygen atoms in total. The highest BCUT2D eigenvalue weighted by molar-refractivity contribution is 5.75. The molecule has 1 aromatic heterocycles. The summed E-state index contributed by atoms with van der Waals surface area (Å²) in [6.45, 7) is 10.3. The maximum atomic E-state index is 11.6. The molecule has 0 amide bonds. The summed E-state index contributed by atoms with van der Waals surface area (Å²) in [5.41, 5.74) is 2.75.